The number of rotatable bonds is 2. The van der Waals surface area contributed by atoms with Crippen molar-refractivity contribution in [2.45, 2.75) is 32.7 Å². The first kappa shape index (κ1) is 12.4. The van der Waals surface area contributed by atoms with Gasteiger partial charge in [-0.1, -0.05) is 29.3 Å². The SMILES string of the molecule is CC1CCC(Cn2c(=S)[nH]c3ccc(Br)cc32)C1. The zero-order chi connectivity index (χ0) is 12.7. The predicted octanol–water partition coefficient (Wildman–Crippen LogP) is 4.90. The molecule has 3 rings (SSSR count). The molecule has 0 radical (unpaired) electrons. The highest BCUT2D eigenvalue weighted by atomic mass is 79.9. The molecule has 1 aromatic carbocycles. The molecule has 0 aliphatic heterocycles. The summed E-state index contributed by atoms with van der Waals surface area (Å²) in [6.07, 6.45) is 4.04. The lowest BCUT2D eigenvalue weighted by molar-refractivity contribution is 0.444. The fourth-order valence-corrected chi connectivity index (χ4v) is 3.69. The minimum atomic E-state index is 0.782. The summed E-state index contributed by atoms with van der Waals surface area (Å²) in [7, 11) is 0. The third-order valence-corrected chi connectivity index (χ3v) is 4.80. The highest BCUT2D eigenvalue weighted by molar-refractivity contribution is 9.10. The monoisotopic (exact) mass is 324 g/mol. The highest BCUT2D eigenvalue weighted by Crippen LogP contribution is 2.32. The van der Waals surface area contributed by atoms with E-state index in [1.807, 2.05) is 0 Å². The number of nitrogens with one attached hydrogen (secondary N) is 1. The Balaban J connectivity index is 1.98. The van der Waals surface area contributed by atoms with Gasteiger partial charge < -0.3 is 9.55 Å². The van der Waals surface area contributed by atoms with Gasteiger partial charge in [0.25, 0.3) is 0 Å². The normalized spacial score (nSPS) is 23.9. The van der Waals surface area contributed by atoms with Gasteiger partial charge in [-0.05, 0) is 55.1 Å². The largest absolute Gasteiger partial charge is 0.331 e. The maximum absolute atomic E-state index is 5.45. The van der Waals surface area contributed by atoms with Crippen LogP contribution in [-0.4, -0.2) is 9.55 Å². The van der Waals surface area contributed by atoms with Crippen molar-refractivity contribution in [3.63, 3.8) is 0 Å². The van der Waals surface area contributed by atoms with E-state index >= 15 is 0 Å². The van der Waals surface area contributed by atoms with E-state index in [2.05, 4.69) is 50.6 Å². The van der Waals surface area contributed by atoms with Gasteiger partial charge in [-0.15, -0.1) is 0 Å². The first-order valence-electron chi connectivity index (χ1n) is 6.51. The van der Waals surface area contributed by atoms with Crippen LogP contribution in [0.2, 0.25) is 0 Å². The van der Waals surface area contributed by atoms with Crippen molar-refractivity contribution in [2.75, 3.05) is 0 Å². The van der Waals surface area contributed by atoms with E-state index in [1.54, 1.807) is 0 Å². The van der Waals surface area contributed by atoms with Crippen LogP contribution in [0, 0.1) is 16.6 Å². The highest BCUT2D eigenvalue weighted by Gasteiger charge is 2.22. The molecule has 96 valence electrons. The molecule has 1 aliphatic rings. The van der Waals surface area contributed by atoms with Crippen molar-refractivity contribution in [2.24, 2.45) is 11.8 Å². The molecule has 2 nitrogen and oxygen atoms in total. The topological polar surface area (TPSA) is 20.7 Å². The number of fused-ring (bicyclic) bond motifs is 1. The van der Waals surface area contributed by atoms with Gasteiger partial charge in [0.1, 0.15) is 0 Å². The number of imidazole rings is 1. The second-order valence-electron chi connectivity index (χ2n) is 5.49. The van der Waals surface area contributed by atoms with Gasteiger partial charge >= 0.3 is 0 Å². The third-order valence-electron chi connectivity index (χ3n) is 3.98. The minimum Gasteiger partial charge on any atom is -0.331 e. The van der Waals surface area contributed by atoms with Crippen LogP contribution < -0.4 is 0 Å². The van der Waals surface area contributed by atoms with Crippen LogP contribution >= 0.6 is 28.1 Å². The first-order chi connectivity index (χ1) is 8.63. The van der Waals surface area contributed by atoms with Crippen molar-refractivity contribution in [1.29, 1.82) is 0 Å². The van der Waals surface area contributed by atoms with Gasteiger partial charge in [-0.3, -0.25) is 0 Å². The molecule has 18 heavy (non-hydrogen) atoms. The van der Waals surface area contributed by atoms with Crippen LogP contribution in [0.5, 0.6) is 0 Å². The van der Waals surface area contributed by atoms with Crippen LogP contribution in [-0.2, 0) is 6.54 Å². The third kappa shape index (κ3) is 2.28. The number of hydrogen-bond acceptors (Lipinski definition) is 1. The summed E-state index contributed by atoms with van der Waals surface area (Å²) >= 11 is 8.99. The summed E-state index contributed by atoms with van der Waals surface area (Å²) in [5, 5.41) is 0. The lowest BCUT2D eigenvalue weighted by atomic mass is 10.1. The number of hydrogen-bond donors (Lipinski definition) is 1. The van der Waals surface area contributed by atoms with E-state index in [0.29, 0.717) is 0 Å². The van der Waals surface area contributed by atoms with Crippen molar-refractivity contribution < 1.29 is 0 Å². The van der Waals surface area contributed by atoms with Gasteiger partial charge in [0.05, 0.1) is 11.0 Å². The van der Waals surface area contributed by atoms with Crippen LogP contribution in [0.15, 0.2) is 22.7 Å². The standard InChI is InChI=1S/C14H17BrN2S/c1-9-2-3-10(6-9)8-17-13-7-11(15)4-5-12(13)16-14(17)18/h4-5,7,9-10H,2-3,6,8H2,1H3,(H,16,18). The maximum atomic E-state index is 5.45. The Morgan fingerprint density at radius 3 is 3.00 bits per heavy atom. The molecule has 1 aromatic heterocycles. The van der Waals surface area contributed by atoms with Crippen LogP contribution in [0.25, 0.3) is 11.0 Å². The van der Waals surface area contributed by atoms with Gasteiger partial charge in [0.15, 0.2) is 4.77 Å². The molecule has 2 atom stereocenters. The van der Waals surface area contributed by atoms with E-state index in [4.69, 9.17) is 12.2 Å². The van der Waals surface area contributed by atoms with Gasteiger partial charge in [0, 0.05) is 11.0 Å². The molecule has 0 bridgehead atoms. The summed E-state index contributed by atoms with van der Waals surface area (Å²) in [6, 6.07) is 6.29. The molecule has 1 N–H and O–H groups in total. The molecule has 2 unspecified atom stereocenters. The van der Waals surface area contributed by atoms with Crippen molar-refractivity contribution in [3.05, 3.63) is 27.4 Å². The lowest BCUT2D eigenvalue weighted by Crippen LogP contribution is -2.07. The van der Waals surface area contributed by atoms with E-state index in [9.17, 15) is 0 Å². The van der Waals surface area contributed by atoms with Crippen molar-refractivity contribution >= 4 is 39.2 Å². The minimum absolute atomic E-state index is 0.782. The summed E-state index contributed by atoms with van der Waals surface area (Å²) in [4.78, 5) is 3.30. The number of aromatic amines is 1. The fraction of sp³-hybridized carbons (Fsp3) is 0.500. The summed E-state index contributed by atoms with van der Waals surface area (Å²) in [6.45, 7) is 3.41. The molecular formula is C14H17BrN2S. The fourth-order valence-electron chi connectivity index (χ4n) is 3.06. The van der Waals surface area contributed by atoms with Gasteiger partial charge in [0.2, 0.25) is 0 Å². The molecule has 1 aliphatic carbocycles. The lowest BCUT2D eigenvalue weighted by Gasteiger charge is -2.11. The zero-order valence-corrected chi connectivity index (χ0v) is 12.9. The average Bonchev–Trinajstić information content (AvgIpc) is 2.86. The Hall–Kier alpha value is -0.610. The Morgan fingerprint density at radius 1 is 1.44 bits per heavy atom. The molecule has 0 spiro atoms. The van der Waals surface area contributed by atoms with Crippen LogP contribution in [0.1, 0.15) is 26.2 Å². The predicted molar refractivity (Wildman–Crippen MR) is 81.3 cm³/mol. The van der Waals surface area contributed by atoms with E-state index in [0.717, 1.165) is 33.1 Å². The van der Waals surface area contributed by atoms with E-state index < -0.39 is 0 Å². The van der Waals surface area contributed by atoms with Gasteiger partial charge in [-0.2, -0.15) is 0 Å². The van der Waals surface area contributed by atoms with Gasteiger partial charge in [-0.25, -0.2) is 0 Å². The zero-order valence-electron chi connectivity index (χ0n) is 10.4. The number of aromatic nitrogens is 2. The quantitative estimate of drug-likeness (QED) is 0.779. The van der Waals surface area contributed by atoms with Crippen LogP contribution in [0.3, 0.4) is 0 Å². The van der Waals surface area contributed by atoms with Crippen molar-refractivity contribution in [1.82, 2.24) is 9.55 Å². The number of nitrogens with zero attached hydrogens (tertiary/aromatic N) is 1. The first-order valence-corrected chi connectivity index (χ1v) is 7.71. The molecule has 1 heterocycles. The Morgan fingerprint density at radius 2 is 2.28 bits per heavy atom. The summed E-state index contributed by atoms with van der Waals surface area (Å²) < 4.78 is 4.22. The smallest absolute Gasteiger partial charge is 0.178 e. The molecule has 0 amide bonds. The van der Waals surface area contributed by atoms with Crippen molar-refractivity contribution in [3.8, 4) is 0 Å². The maximum Gasteiger partial charge on any atom is 0.178 e. The second-order valence-corrected chi connectivity index (χ2v) is 6.79. The molecular weight excluding hydrogens is 308 g/mol. The summed E-state index contributed by atoms with van der Waals surface area (Å²) in [5.74, 6) is 1.66. The van der Waals surface area contributed by atoms with E-state index in [1.165, 1.54) is 24.8 Å². The average molecular weight is 325 g/mol. The number of H-pyrrole nitrogens is 1. The van der Waals surface area contributed by atoms with Crippen LogP contribution in [0.4, 0.5) is 0 Å². The molecule has 1 saturated carbocycles. The Kier molecular flexibility index (Phi) is 3.32. The molecule has 2 aromatic rings. The molecule has 0 saturated heterocycles. The number of halogens is 1. The summed E-state index contributed by atoms with van der Waals surface area (Å²) in [5.41, 5.74) is 2.35. The Bertz CT molecular complexity index is 628. The number of benzene rings is 1. The molecule has 1 fully saturated rings. The Labute approximate surface area is 121 Å². The second kappa shape index (κ2) is 4.82. The molecule has 4 heteroatoms. The van der Waals surface area contributed by atoms with E-state index in [-0.39, 0.29) is 0 Å².